The third-order valence-electron chi connectivity index (χ3n) is 3.96. The summed E-state index contributed by atoms with van der Waals surface area (Å²) in [5.74, 6) is -1.08. The largest absolute Gasteiger partial charge is 0.419 e. The first kappa shape index (κ1) is 21.5. The molecule has 30 heavy (non-hydrogen) atoms. The van der Waals surface area contributed by atoms with Gasteiger partial charge in [-0.1, -0.05) is 12.1 Å². The molecule has 0 saturated heterocycles. The Kier molecular flexibility index (Phi) is 5.63. The number of nitrogens with two attached hydrogens (primary N) is 1. The van der Waals surface area contributed by atoms with Crippen LogP contribution in [0.3, 0.4) is 0 Å². The van der Waals surface area contributed by atoms with Crippen molar-refractivity contribution in [2.45, 2.75) is 17.5 Å². The number of carbonyl (C=O) groups is 1. The molecule has 0 bridgehead atoms. The summed E-state index contributed by atoms with van der Waals surface area (Å²) in [6.07, 6.45) is -3.68. The fourth-order valence-corrected chi connectivity index (χ4v) is 3.39. The minimum atomic E-state index is -4.66. The zero-order valence-electron chi connectivity index (χ0n) is 15.0. The van der Waals surface area contributed by atoms with Gasteiger partial charge < -0.3 is 5.32 Å². The number of primary sulfonamides is 1. The van der Waals surface area contributed by atoms with Crippen LogP contribution in [-0.2, 0) is 27.4 Å². The summed E-state index contributed by atoms with van der Waals surface area (Å²) in [6.45, 7) is 0. The maximum atomic E-state index is 13.2. The van der Waals surface area contributed by atoms with Gasteiger partial charge in [-0.25, -0.2) is 22.6 Å². The van der Waals surface area contributed by atoms with E-state index in [0.29, 0.717) is 18.0 Å². The van der Waals surface area contributed by atoms with Gasteiger partial charge in [-0.15, -0.1) is 0 Å². The highest BCUT2D eigenvalue weighted by Gasteiger charge is 2.32. The lowest BCUT2D eigenvalue weighted by atomic mass is 10.1. The zero-order chi connectivity index (χ0) is 22.1. The Balaban J connectivity index is 1.90. The third kappa shape index (κ3) is 5.02. The number of carbonyl (C=O) groups excluding carboxylic acids is 1. The highest BCUT2D eigenvalue weighted by Crippen LogP contribution is 2.30. The molecular formula is C18H14F4N4O3S. The van der Waals surface area contributed by atoms with Crippen LogP contribution in [0.5, 0.6) is 0 Å². The van der Waals surface area contributed by atoms with Gasteiger partial charge in [0, 0.05) is 11.9 Å². The van der Waals surface area contributed by atoms with Gasteiger partial charge in [0.25, 0.3) is 0 Å². The summed E-state index contributed by atoms with van der Waals surface area (Å²) in [5, 5.41) is 11.2. The molecule has 2 aromatic carbocycles. The van der Waals surface area contributed by atoms with Crippen molar-refractivity contribution in [3.63, 3.8) is 0 Å². The number of nitrogens with zero attached hydrogens (tertiary/aromatic N) is 2. The van der Waals surface area contributed by atoms with Crippen LogP contribution in [0.1, 0.15) is 11.1 Å². The normalized spacial score (nSPS) is 12.0. The Morgan fingerprint density at radius 1 is 1.17 bits per heavy atom. The van der Waals surface area contributed by atoms with Crippen LogP contribution >= 0.6 is 0 Å². The van der Waals surface area contributed by atoms with Gasteiger partial charge in [-0.05, 0) is 35.9 Å². The Morgan fingerprint density at radius 3 is 2.50 bits per heavy atom. The van der Waals surface area contributed by atoms with Crippen molar-refractivity contribution >= 4 is 21.6 Å². The monoisotopic (exact) mass is 442 g/mol. The second-order valence-corrected chi connectivity index (χ2v) is 7.78. The SMILES string of the molecule is NS(=O)(=O)c1cc(NC(=O)Cc2cccc(F)c2)ccc1-n1cc(C(F)(F)F)cn1. The summed E-state index contributed by atoms with van der Waals surface area (Å²) in [6, 6.07) is 8.81. The topological polar surface area (TPSA) is 107 Å². The van der Waals surface area contributed by atoms with Gasteiger partial charge >= 0.3 is 6.18 Å². The summed E-state index contributed by atoms with van der Waals surface area (Å²) in [5.41, 5.74) is -0.870. The van der Waals surface area contributed by atoms with Crippen molar-refractivity contribution in [1.82, 2.24) is 9.78 Å². The zero-order valence-corrected chi connectivity index (χ0v) is 15.8. The van der Waals surface area contributed by atoms with Crippen LogP contribution in [0.15, 0.2) is 59.8 Å². The maximum Gasteiger partial charge on any atom is 0.419 e. The molecule has 1 amide bonds. The molecule has 0 saturated carbocycles. The maximum absolute atomic E-state index is 13.2. The fourth-order valence-electron chi connectivity index (χ4n) is 2.65. The molecule has 12 heteroatoms. The summed E-state index contributed by atoms with van der Waals surface area (Å²) < 4.78 is 76.2. The number of rotatable bonds is 5. The molecule has 0 spiro atoms. The lowest BCUT2D eigenvalue weighted by Crippen LogP contribution is -2.18. The van der Waals surface area contributed by atoms with Crippen LogP contribution in [0.25, 0.3) is 5.69 Å². The molecule has 0 aliphatic carbocycles. The molecule has 1 heterocycles. The number of anilines is 1. The smallest absolute Gasteiger partial charge is 0.326 e. The molecule has 1 aromatic heterocycles. The van der Waals surface area contributed by atoms with Gasteiger partial charge in [-0.2, -0.15) is 18.3 Å². The van der Waals surface area contributed by atoms with Crippen molar-refractivity contribution in [3.8, 4) is 5.69 Å². The number of halogens is 4. The fraction of sp³-hybridized carbons (Fsp3) is 0.111. The van der Waals surface area contributed by atoms with E-state index >= 15 is 0 Å². The van der Waals surface area contributed by atoms with Crippen LogP contribution in [0.2, 0.25) is 0 Å². The number of alkyl halides is 3. The van der Waals surface area contributed by atoms with Crippen molar-refractivity contribution < 1.29 is 30.8 Å². The Labute approximate surface area is 168 Å². The van der Waals surface area contributed by atoms with E-state index < -0.39 is 38.4 Å². The Hall–Kier alpha value is -3.25. The highest BCUT2D eigenvalue weighted by atomic mass is 32.2. The number of hydrogen-bond acceptors (Lipinski definition) is 4. The summed E-state index contributed by atoms with van der Waals surface area (Å²) >= 11 is 0. The minimum Gasteiger partial charge on any atom is -0.326 e. The number of aromatic nitrogens is 2. The molecule has 3 aromatic rings. The van der Waals surface area contributed by atoms with E-state index in [1.807, 2.05) is 0 Å². The standard InChI is InChI=1S/C18H14F4N4O3S/c19-13-3-1-2-11(6-13)7-17(27)25-14-4-5-15(16(8-14)30(23,28)29)26-10-12(9-24-26)18(20,21)22/h1-6,8-10H,7H2,(H,25,27)(H2,23,28,29). The highest BCUT2D eigenvalue weighted by molar-refractivity contribution is 7.89. The first-order chi connectivity index (χ1) is 13.9. The van der Waals surface area contributed by atoms with E-state index in [2.05, 4.69) is 10.4 Å². The minimum absolute atomic E-state index is 0.0346. The van der Waals surface area contributed by atoms with Crippen molar-refractivity contribution in [2.75, 3.05) is 5.32 Å². The van der Waals surface area contributed by atoms with E-state index in [4.69, 9.17) is 5.14 Å². The summed E-state index contributed by atoms with van der Waals surface area (Å²) in [4.78, 5) is 11.6. The third-order valence-corrected chi connectivity index (χ3v) is 4.90. The summed E-state index contributed by atoms with van der Waals surface area (Å²) in [7, 11) is -4.37. The molecule has 158 valence electrons. The van der Waals surface area contributed by atoms with Crippen LogP contribution in [0.4, 0.5) is 23.2 Å². The average molecular weight is 442 g/mol. The molecule has 0 aliphatic rings. The number of hydrogen-bond donors (Lipinski definition) is 2. The van der Waals surface area contributed by atoms with E-state index in [9.17, 15) is 30.8 Å². The number of benzene rings is 2. The molecule has 7 nitrogen and oxygen atoms in total. The van der Waals surface area contributed by atoms with Gasteiger partial charge in [0.15, 0.2) is 0 Å². The van der Waals surface area contributed by atoms with Gasteiger partial charge in [0.2, 0.25) is 15.9 Å². The van der Waals surface area contributed by atoms with Crippen LogP contribution < -0.4 is 10.5 Å². The molecule has 0 unspecified atom stereocenters. The van der Waals surface area contributed by atoms with Gasteiger partial charge in [0.05, 0.1) is 23.9 Å². The molecule has 3 N–H and O–H groups in total. The predicted octanol–water partition coefficient (Wildman–Crippen LogP) is 2.86. The molecule has 0 aliphatic heterocycles. The molecule has 0 fully saturated rings. The lowest BCUT2D eigenvalue weighted by Gasteiger charge is -2.12. The van der Waals surface area contributed by atoms with Gasteiger partial charge in [-0.3, -0.25) is 4.79 Å². The second kappa shape index (κ2) is 7.88. The van der Waals surface area contributed by atoms with E-state index in [1.165, 1.54) is 30.3 Å². The molecule has 3 rings (SSSR count). The van der Waals surface area contributed by atoms with Crippen molar-refractivity contribution in [1.29, 1.82) is 0 Å². The lowest BCUT2D eigenvalue weighted by molar-refractivity contribution is -0.137. The second-order valence-electron chi connectivity index (χ2n) is 6.25. The molecular weight excluding hydrogens is 428 g/mol. The molecule has 0 atom stereocenters. The van der Waals surface area contributed by atoms with E-state index in [1.54, 1.807) is 0 Å². The van der Waals surface area contributed by atoms with Crippen LogP contribution in [0, 0.1) is 5.82 Å². The first-order valence-corrected chi connectivity index (χ1v) is 9.81. The van der Waals surface area contributed by atoms with Crippen molar-refractivity contribution in [2.24, 2.45) is 5.14 Å². The molecule has 0 radical (unpaired) electrons. The number of sulfonamides is 1. The average Bonchev–Trinajstić information content (AvgIpc) is 3.11. The van der Waals surface area contributed by atoms with E-state index in [-0.39, 0.29) is 17.8 Å². The predicted molar refractivity (Wildman–Crippen MR) is 98.7 cm³/mol. The van der Waals surface area contributed by atoms with Crippen molar-refractivity contribution in [3.05, 3.63) is 71.8 Å². The first-order valence-electron chi connectivity index (χ1n) is 8.27. The van der Waals surface area contributed by atoms with E-state index in [0.717, 1.165) is 16.8 Å². The Bertz CT molecular complexity index is 1210. The van der Waals surface area contributed by atoms with Crippen LogP contribution in [-0.4, -0.2) is 24.1 Å². The Morgan fingerprint density at radius 2 is 1.90 bits per heavy atom. The number of nitrogens with one attached hydrogen (secondary N) is 1. The van der Waals surface area contributed by atoms with Gasteiger partial charge in [0.1, 0.15) is 10.7 Å². The number of amides is 1. The quantitative estimate of drug-likeness (QED) is 0.593.